The van der Waals surface area contributed by atoms with Gasteiger partial charge < -0.3 is 5.73 Å². The van der Waals surface area contributed by atoms with E-state index in [1.54, 1.807) is 0 Å². The molecular weight excluding hydrogens is 172 g/mol. The highest BCUT2D eigenvalue weighted by molar-refractivity contribution is 5.47. The van der Waals surface area contributed by atoms with Gasteiger partial charge in [0.25, 0.3) is 0 Å². The molecule has 76 valence electrons. The molecule has 0 heterocycles. The lowest BCUT2D eigenvalue weighted by atomic mass is 10.1. The fourth-order valence-corrected chi connectivity index (χ4v) is 1.43. The molecule has 0 bridgehead atoms. The summed E-state index contributed by atoms with van der Waals surface area (Å²) in [4.78, 5) is 2.21. The molecule has 0 saturated carbocycles. The maximum absolute atomic E-state index is 5.75. The Morgan fingerprint density at radius 2 is 2.21 bits per heavy atom. The van der Waals surface area contributed by atoms with Crippen molar-refractivity contribution < 1.29 is 0 Å². The van der Waals surface area contributed by atoms with Crippen molar-refractivity contribution in [2.24, 2.45) is 0 Å². The SMILES string of the molecule is C=CCN(C)Cc1ccc(N)c(C)c1. The molecule has 0 atom stereocenters. The van der Waals surface area contributed by atoms with Crippen molar-refractivity contribution in [3.63, 3.8) is 0 Å². The number of benzene rings is 1. The fraction of sp³-hybridized carbons (Fsp3) is 0.333. The van der Waals surface area contributed by atoms with E-state index in [1.165, 1.54) is 5.56 Å². The predicted octanol–water partition coefficient (Wildman–Crippen LogP) is 2.20. The van der Waals surface area contributed by atoms with Gasteiger partial charge in [0.1, 0.15) is 0 Å². The summed E-state index contributed by atoms with van der Waals surface area (Å²) in [5, 5.41) is 0. The Kier molecular flexibility index (Phi) is 3.72. The molecule has 0 aromatic heterocycles. The molecular formula is C12H18N2. The van der Waals surface area contributed by atoms with Crippen molar-refractivity contribution in [3.8, 4) is 0 Å². The molecule has 2 N–H and O–H groups in total. The lowest BCUT2D eigenvalue weighted by Crippen LogP contribution is -2.17. The van der Waals surface area contributed by atoms with Gasteiger partial charge >= 0.3 is 0 Å². The van der Waals surface area contributed by atoms with Crippen LogP contribution < -0.4 is 5.73 Å². The van der Waals surface area contributed by atoms with E-state index in [4.69, 9.17) is 5.73 Å². The number of nitrogens with zero attached hydrogens (tertiary/aromatic N) is 1. The summed E-state index contributed by atoms with van der Waals surface area (Å²) in [6.45, 7) is 7.59. The van der Waals surface area contributed by atoms with Crippen LogP contribution in [0.2, 0.25) is 0 Å². The normalized spacial score (nSPS) is 10.5. The monoisotopic (exact) mass is 190 g/mol. The zero-order chi connectivity index (χ0) is 10.6. The summed E-state index contributed by atoms with van der Waals surface area (Å²) < 4.78 is 0. The van der Waals surface area contributed by atoms with Gasteiger partial charge in [-0.05, 0) is 31.2 Å². The molecule has 1 aromatic rings. The first kappa shape index (κ1) is 10.8. The first-order valence-corrected chi connectivity index (χ1v) is 4.78. The smallest absolute Gasteiger partial charge is 0.0343 e. The van der Waals surface area contributed by atoms with E-state index in [9.17, 15) is 0 Å². The van der Waals surface area contributed by atoms with Gasteiger partial charge in [-0.3, -0.25) is 4.90 Å². The third-order valence-corrected chi connectivity index (χ3v) is 2.23. The molecule has 0 aliphatic carbocycles. The number of hydrogen-bond donors (Lipinski definition) is 1. The standard InChI is InChI=1S/C12H18N2/c1-4-7-14(3)9-11-5-6-12(13)10(2)8-11/h4-6,8H,1,7,9,13H2,2-3H3. The van der Waals surface area contributed by atoms with E-state index < -0.39 is 0 Å². The minimum Gasteiger partial charge on any atom is -0.399 e. The van der Waals surface area contributed by atoms with E-state index >= 15 is 0 Å². The maximum Gasteiger partial charge on any atom is 0.0343 e. The molecule has 1 rings (SSSR count). The molecule has 0 unspecified atom stereocenters. The Hall–Kier alpha value is -1.28. The Morgan fingerprint density at radius 3 is 2.79 bits per heavy atom. The topological polar surface area (TPSA) is 29.3 Å². The van der Waals surface area contributed by atoms with Crippen LogP contribution in [0.25, 0.3) is 0 Å². The third kappa shape index (κ3) is 2.89. The fourth-order valence-electron chi connectivity index (χ4n) is 1.43. The largest absolute Gasteiger partial charge is 0.399 e. The van der Waals surface area contributed by atoms with E-state index in [2.05, 4.69) is 30.7 Å². The van der Waals surface area contributed by atoms with E-state index in [0.717, 1.165) is 24.3 Å². The number of rotatable bonds is 4. The molecule has 0 fully saturated rings. The second kappa shape index (κ2) is 4.82. The Balaban J connectivity index is 2.67. The van der Waals surface area contributed by atoms with Gasteiger partial charge in [0.15, 0.2) is 0 Å². The summed E-state index contributed by atoms with van der Waals surface area (Å²) in [6, 6.07) is 6.17. The number of likely N-dealkylation sites (N-methyl/N-ethyl adjacent to an activating group) is 1. The van der Waals surface area contributed by atoms with Crippen LogP contribution in [0.5, 0.6) is 0 Å². The first-order valence-electron chi connectivity index (χ1n) is 4.78. The second-order valence-electron chi connectivity index (χ2n) is 3.68. The van der Waals surface area contributed by atoms with Crippen LogP contribution in [0, 0.1) is 6.92 Å². The van der Waals surface area contributed by atoms with Crippen molar-refractivity contribution in [1.82, 2.24) is 4.90 Å². The molecule has 14 heavy (non-hydrogen) atoms. The van der Waals surface area contributed by atoms with Gasteiger partial charge in [-0.1, -0.05) is 18.2 Å². The highest BCUT2D eigenvalue weighted by Gasteiger charge is 1.99. The van der Waals surface area contributed by atoms with Crippen LogP contribution in [-0.4, -0.2) is 18.5 Å². The zero-order valence-corrected chi connectivity index (χ0v) is 8.96. The summed E-state index contributed by atoms with van der Waals surface area (Å²) in [5.41, 5.74) is 9.05. The van der Waals surface area contributed by atoms with Gasteiger partial charge in [-0.2, -0.15) is 0 Å². The van der Waals surface area contributed by atoms with Crippen molar-refractivity contribution in [3.05, 3.63) is 42.0 Å². The number of aryl methyl sites for hydroxylation is 1. The Bertz CT molecular complexity index is 318. The zero-order valence-electron chi connectivity index (χ0n) is 8.96. The number of nitrogens with two attached hydrogens (primary N) is 1. The minimum absolute atomic E-state index is 0.861. The van der Waals surface area contributed by atoms with Crippen molar-refractivity contribution >= 4 is 5.69 Å². The molecule has 0 radical (unpaired) electrons. The molecule has 2 heteroatoms. The highest BCUT2D eigenvalue weighted by atomic mass is 15.1. The maximum atomic E-state index is 5.75. The van der Waals surface area contributed by atoms with Crippen molar-refractivity contribution in [2.45, 2.75) is 13.5 Å². The van der Waals surface area contributed by atoms with Crippen LogP contribution in [0.3, 0.4) is 0 Å². The average molecular weight is 190 g/mol. The van der Waals surface area contributed by atoms with Crippen LogP contribution in [0.4, 0.5) is 5.69 Å². The summed E-state index contributed by atoms with van der Waals surface area (Å²) in [5.74, 6) is 0. The van der Waals surface area contributed by atoms with Crippen LogP contribution in [0.1, 0.15) is 11.1 Å². The molecule has 0 aliphatic heterocycles. The lowest BCUT2D eigenvalue weighted by Gasteiger charge is -2.14. The highest BCUT2D eigenvalue weighted by Crippen LogP contribution is 2.13. The van der Waals surface area contributed by atoms with Gasteiger partial charge in [0.2, 0.25) is 0 Å². The van der Waals surface area contributed by atoms with E-state index in [-0.39, 0.29) is 0 Å². The number of hydrogen-bond acceptors (Lipinski definition) is 2. The Morgan fingerprint density at radius 1 is 1.50 bits per heavy atom. The third-order valence-electron chi connectivity index (χ3n) is 2.23. The van der Waals surface area contributed by atoms with E-state index in [0.29, 0.717) is 0 Å². The van der Waals surface area contributed by atoms with Crippen molar-refractivity contribution in [2.75, 3.05) is 19.3 Å². The molecule has 0 saturated heterocycles. The predicted molar refractivity (Wildman–Crippen MR) is 62.1 cm³/mol. The average Bonchev–Trinajstić information content (AvgIpc) is 2.12. The minimum atomic E-state index is 0.861. The van der Waals surface area contributed by atoms with Crippen LogP contribution in [0.15, 0.2) is 30.9 Å². The van der Waals surface area contributed by atoms with Crippen LogP contribution >= 0.6 is 0 Å². The number of anilines is 1. The summed E-state index contributed by atoms with van der Waals surface area (Å²) >= 11 is 0. The summed E-state index contributed by atoms with van der Waals surface area (Å²) in [7, 11) is 2.08. The summed E-state index contributed by atoms with van der Waals surface area (Å²) in [6.07, 6.45) is 1.91. The van der Waals surface area contributed by atoms with Crippen LogP contribution in [-0.2, 0) is 6.54 Å². The van der Waals surface area contributed by atoms with E-state index in [1.807, 2.05) is 19.1 Å². The quantitative estimate of drug-likeness (QED) is 0.582. The molecule has 0 aliphatic rings. The molecule has 0 spiro atoms. The lowest BCUT2D eigenvalue weighted by molar-refractivity contribution is 0.363. The molecule has 0 amide bonds. The molecule has 1 aromatic carbocycles. The van der Waals surface area contributed by atoms with Gasteiger partial charge in [-0.25, -0.2) is 0 Å². The number of nitrogen functional groups attached to an aromatic ring is 1. The van der Waals surface area contributed by atoms with Gasteiger partial charge in [0, 0.05) is 18.8 Å². The Labute approximate surface area is 86.0 Å². The van der Waals surface area contributed by atoms with Crippen molar-refractivity contribution in [1.29, 1.82) is 0 Å². The molecule has 2 nitrogen and oxygen atoms in total. The van der Waals surface area contributed by atoms with Gasteiger partial charge in [-0.15, -0.1) is 6.58 Å². The first-order chi connectivity index (χ1) is 6.63. The second-order valence-corrected chi connectivity index (χ2v) is 3.68. The van der Waals surface area contributed by atoms with Gasteiger partial charge in [0.05, 0.1) is 0 Å².